The fourth-order valence-electron chi connectivity index (χ4n) is 1.71. The van der Waals surface area contributed by atoms with Crippen molar-refractivity contribution in [1.29, 1.82) is 0 Å². The summed E-state index contributed by atoms with van der Waals surface area (Å²) < 4.78 is 0. The fraction of sp³-hybridized carbons (Fsp3) is 0.692. The zero-order valence-electron chi connectivity index (χ0n) is 12.0. The van der Waals surface area contributed by atoms with Gasteiger partial charge in [-0.2, -0.15) is 0 Å². The maximum absolute atomic E-state index is 11.7. The Kier molecular flexibility index (Phi) is 5.75. The predicted molar refractivity (Wildman–Crippen MR) is 77.4 cm³/mol. The van der Waals surface area contributed by atoms with Crippen LogP contribution in [-0.4, -0.2) is 28.3 Å². The van der Waals surface area contributed by atoms with Crippen molar-refractivity contribution in [3.8, 4) is 0 Å². The van der Waals surface area contributed by atoms with Crippen LogP contribution in [0, 0.1) is 13.8 Å². The van der Waals surface area contributed by atoms with E-state index in [1.54, 1.807) is 11.3 Å². The van der Waals surface area contributed by atoms with Crippen molar-refractivity contribution in [2.75, 3.05) is 6.54 Å². The minimum Gasteiger partial charge on any atom is -0.388 e. The molecule has 0 saturated carbocycles. The number of thiazole rings is 1. The van der Waals surface area contributed by atoms with Crippen LogP contribution in [0.2, 0.25) is 0 Å². The van der Waals surface area contributed by atoms with Crippen LogP contribution >= 0.6 is 11.3 Å². The molecule has 0 unspecified atom stereocenters. The highest BCUT2D eigenvalue weighted by Crippen LogP contribution is 2.16. The molecule has 1 aromatic rings. The number of urea groups is 1. The lowest BCUT2D eigenvalue weighted by molar-refractivity contribution is 0.0349. The van der Waals surface area contributed by atoms with Crippen LogP contribution < -0.4 is 10.6 Å². The standard InChI is InChI=1S/C13H23N3O2S/c1-5-13(18,6-2)8-15-12(17)14-7-11-9(3)16-10(4)19-11/h18H,5-8H2,1-4H3,(H2,14,15,17). The molecule has 0 saturated heterocycles. The molecule has 1 aromatic heterocycles. The zero-order chi connectivity index (χ0) is 14.5. The van der Waals surface area contributed by atoms with Crippen molar-refractivity contribution in [3.05, 3.63) is 15.6 Å². The first kappa shape index (κ1) is 15.9. The Morgan fingerprint density at radius 1 is 1.32 bits per heavy atom. The SMILES string of the molecule is CCC(O)(CC)CNC(=O)NCc1sc(C)nc1C. The molecule has 19 heavy (non-hydrogen) atoms. The van der Waals surface area contributed by atoms with E-state index in [2.05, 4.69) is 15.6 Å². The molecule has 0 spiro atoms. The number of amides is 2. The topological polar surface area (TPSA) is 74.2 Å². The third kappa shape index (κ3) is 4.80. The first-order valence-corrected chi connectivity index (χ1v) is 7.39. The Balaban J connectivity index is 2.38. The predicted octanol–water partition coefficient (Wildman–Crippen LogP) is 2.11. The summed E-state index contributed by atoms with van der Waals surface area (Å²) in [6.45, 7) is 8.45. The van der Waals surface area contributed by atoms with Crippen molar-refractivity contribution >= 4 is 17.4 Å². The van der Waals surface area contributed by atoms with Gasteiger partial charge in [-0.3, -0.25) is 0 Å². The van der Waals surface area contributed by atoms with Gasteiger partial charge in [0.1, 0.15) is 0 Å². The first-order chi connectivity index (χ1) is 8.90. The lowest BCUT2D eigenvalue weighted by Crippen LogP contribution is -2.45. The molecule has 0 bridgehead atoms. The number of aliphatic hydroxyl groups is 1. The number of rotatable bonds is 6. The third-order valence-corrected chi connectivity index (χ3v) is 4.38. The molecule has 0 fully saturated rings. The van der Waals surface area contributed by atoms with Gasteiger partial charge in [0.15, 0.2) is 0 Å². The van der Waals surface area contributed by atoms with Crippen LogP contribution in [0.4, 0.5) is 4.79 Å². The molecule has 0 atom stereocenters. The van der Waals surface area contributed by atoms with Crippen LogP contribution in [0.5, 0.6) is 0 Å². The van der Waals surface area contributed by atoms with E-state index >= 15 is 0 Å². The molecular formula is C13H23N3O2S. The smallest absolute Gasteiger partial charge is 0.315 e. The zero-order valence-corrected chi connectivity index (χ0v) is 12.9. The summed E-state index contributed by atoms with van der Waals surface area (Å²) in [5.74, 6) is 0. The average Bonchev–Trinajstić information content (AvgIpc) is 2.72. The normalized spacial score (nSPS) is 11.4. The Hall–Kier alpha value is -1.14. The summed E-state index contributed by atoms with van der Waals surface area (Å²) in [7, 11) is 0. The molecule has 1 rings (SSSR count). The summed E-state index contributed by atoms with van der Waals surface area (Å²) in [4.78, 5) is 17.0. The van der Waals surface area contributed by atoms with E-state index in [0.29, 0.717) is 19.4 Å². The molecule has 5 nitrogen and oxygen atoms in total. The van der Waals surface area contributed by atoms with E-state index in [9.17, 15) is 9.90 Å². The van der Waals surface area contributed by atoms with E-state index in [1.165, 1.54) is 0 Å². The molecule has 0 radical (unpaired) electrons. The second kappa shape index (κ2) is 6.86. The van der Waals surface area contributed by atoms with Crippen molar-refractivity contribution in [3.63, 3.8) is 0 Å². The summed E-state index contributed by atoms with van der Waals surface area (Å²) in [5, 5.41) is 16.5. The monoisotopic (exact) mass is 285 g/mol. The highest BCUT2D eigenvalue weighted by molar-refractivity contribution is 7.11. The van der Waals surface area contributed by atoms with E-state index < -0.39 is 5.60 Å². The van der Waals surface area contributed by atoms with Crippen LogP contribution in [0.25, 0.3) is 0 Å². The largest absolute Gasteiger partial charge is 0.388 e. The van der Waals surface area contributed by atoms with Crippen molar-refractivity contribution < 1.29 is 9.90 Å². The van der Waals surface area contributed by atoms with Gasteiger partial charge in [-0.25, -0.2) is 9.78 Å². The Morgan fingerprint density at radius 2 is 1.95 bits per heavy atom. The molecule has 0 aliphatic heterocycles. The molecule has 0 aliphatic rings. The van der Waals surface area contributed by atoms with Crippen LogP contribution in [0.1, 0.15) is 42.3 Å². The lowest BCUT2D eigenvalue weighted by atomic mass is 9.98. The van der Waals surface area contributed by atoms with E-state index in [4.69, 9.17) is 0 Å². The van der Waals surface area contributed by atoms with Gasteiger partial charge in [-0.1, -0.05) is 13.8 Å². The van der Waals surface area contributed by atoms with E-state index in [1.807, 2.05) is 27.7 Å². The van der Waals surface area contributed by atoms with Crippen LogP contribution in [0.15, 0.2) is 0 Å². The Bertz CT molecular complexity index is 428. The molecule has 3 N–H and O–H groups in total. The van der Waals surface area contributed by atoms with Crippen LogP contribution in [-0.2, 0) is 6.54 Å². The summed E-state index contributed by atoms with van der Waals surface area (Å²) in [5.41, 5.74) is 0.148. The number of carbonyl (C=O) groups is 1. The maximum atomic E-state index is 11.7. The number of aromatic nitrogens is 1. The first-order valence-electron chi connectivity index (χ1n) is 6.57. The second-order valence-electron chi connectivity index (χ2n) is 4.71. The van der Waals surface area contributed by atoms with E-state index in [0.717, 1.165) is 15.6 Å². The summed E-state index contributed by atoms with van der Waals surface area (Å²) >= 11 is 1.59. The molecule has 2 amide bonds. The fourth-order valence-corrected chi connectivity index (χ4v) is 2.58. The maximum Gasteiger partial charge on any atom is 0.315 e. The molecule has 108 valence electrons. The third-order valence-electron chi connectivity index (χ3n) is 3.30. The van der Waals surface area contributed by atoms with Gasteiger partial charge in [0.05, 0.1) is 22.8 Å². The number of aryl methyl sites for hydroxylation is 2. The summed E-state index contributed by atoms with van der Waals surface area (Å²) in [6.07, 6.45) is 1.24. The van der Waals surface area contributed by atoms with E-state index in [-0.39, 0.29) is 12.6 Å². The summed E-state index contributed by atoms with van der Waals surface area (Å²) in [6, 6.07) is -0.259. The molecule has 0 aromatic carbocycles. The molecule has 0 aliphatic carbocycles. The molecular weight excluding hydrogens is 262 g/mol. The number of hydrogen-bond donors (Lipinski definition) is 3. The van der Waals surface area contributed by atoms with Crippen molar-refractivity contribution in [2.45, 2.75) is 52.7 Å². The highest BCUT2D eigenvalue weighted by Gasteiger charge is 2.22. The van der Waals surface area contributed by atoms with Crippen molar-refractivity contribution in [1.82, 2.24) is 15.6 Å². The van der Waals surface area contributed by atoms with Gasteiger partial charge in [0.25, 0.3) is 0 Å². The van der Waals surface area contributed by atoms with Gasteiger partial charge in [-0.05, 0) is 26.7 Å². The minimum absolute atomic E-state index is 0.259. The number of carbonyl (C=O) groups excluding carboxylic acids is 1. The lowest BCUT2D eigenvalue weighted by Gasteiger charge is -2.25. The van der Waals surface area contributed by atoms with Gasteiger partial charge in [-0.15, -0.1) is 11.3 Å². The highest BCUT2D eigenvalue weighted by atomic mass is 32.1. The average molecular weight is 285 g/mol. The Morgan fingerprint density at radius 3 is 2.42 bits per heavy atom. The second-order valence-corrected chi connectivity index (χ2v) is 6.00. The number of nitrogens with one attached hydrogen (secondary N) is 2. The van der Waals surface area contributed by atoms with Crippen LogP contribution in [0.3, 0.4) is 0 Å². The number of nitrogens with zero attached hydrogens (tertiary/aromatic N) is 1. The molecule has 6 heteroatoms. The quantitative estimate of drug-likeness (QED) is 0.749. The van der Waals surface area contributed by atoms with Crippen molar-refractivity contribution in [2.24, 2.45) is 0 Å². The van der Waals surface area contributed by atoms with Gasteiger partial charge in [0, 0.05) is 11.4 Å². The minimum atomic E-state index is -0.811. The van der Waals surface area contributed by atoms with Gasteiger partial charge >= 0.3 is 6.03 Å². The Labute approximate surface area is 118 Å². The van der Waals surface area contributed by atoms with Gasteiger partial charge < -0.3 is 15.7 Å². The van der Waals surface area contributed by atoms with Gasteiger partial charge in [0.2, 0.25) is 0 Å². The molecule has 1 heterocycles. The number of hydrogen-bond acceptors (Lipinski definition) is 4.